The largest absolute Gasteiger partial charge is 0.496 e. The van der Waals surface area contributed by atoms with Crippen molar-refractivity contribution < 1.29 is 4.74 Å². The van der Waals surface area contributed by atoms with E-state index in [2.05, 4.69) is 25.1 Å². The van der Waals surface area contributed by atoms with Crippen molar-refractivity contribution in [3.63, 3.8) is 0 Å². The number of aryl methyl sites for hydroxylation is 2. The highest BCUT2D eigenvalue weighted by atomic mass is 32.1. The average molecular weight is 247 g/mol. The minimum Gasteiger partial charge on any atom is -0.496 e. The second-order valence-electron chi connectivity index (χ2n) is 4.03. The third-order valence-corrected chi connectivity index (χ3v) is 3.97. The van der Waals surface area contributed by atoms with Crippen LogP contribution in [0.4, 0.5) is 5.00 Å². The summed E-state index contributed by atoms with van der Waals surface area (Å²) >= 11 is 1.67. The molecule has 0 amide bonds. The zero-order valence-electron chi connectivity index (χ0n) is 10.4. The van der Waals surface area contributed by atoms with E-state index < -0.39 is 0 Å². The van der Waals surface area contributed by atoms with E-state index in [9.17, 15) is 0 Å². The van der Waals surface area contributed by atoms with Gasteiger partial charge in [0.05, 0.1) is 12.1 Å². The Morgan fingerprint density at radius 1 is 1.29 bits per heavy atom. The first kappa shape index (κ1) is 12.0. The summed E-state index contributed by atoms with van der Waals surface area (Å²) in [6, 6.07) is 8.36. The Bertz CT molecular complexity index is 531. The van der Waals surface area contributed by atoms with Crippen LogP contribution in [-0.2, 0) is 6.42 Å². The van der Waals surface area contributed by atoms with Crippen LogP contribution in [0, 0.1) is 6.92 Å². The molecule has 0 aliphatic carbocycles. The monoisotopic (exact) mass is 247 g/mol. The maximum absolute atomic E-state index is 6.06. The molecule has 1 aromatic heterocycles. The number of benzene rings is 1. The molecule has 0 atom stereocenters. The van der Waals surface area contributed by atoms with Gasteiger partial charge in [-0.05, 0) is 42.7 Å². The molecule has 1 heterocycles. The maximum atomic E-state index is 6.06. The number of ether oxygens (including phenoxy) is 1. The lowest BCUT2D eigenvalue weighted by Gasteiger charge is -2.06. The Balaban J connectivity index is 2.45. The molecule has 0 saturated heterocycles. The molecule has 0 spiro atoms. The van der Waals surface area contributed by atoms with Crippen LogP contribution in [0.1, 0.15) is 17.4 Å². The summed E-state index contributed by atoms with van der Waals surface area (Å²) in [5.41, 5.74) is 9.49. The summed E-state index contributed by atoms with van der Waals surface area (Å²) in [6.45, 7) is 4.19. The van der Waals surface area contributed by atoms with Crippen LogP contribution in [0.25, 0.3) is 11.1 Å². The number of rotatable bonds is 3. The second-order valence-corrected chi connectivity index (χ2v) is 5.20. The molecule has 90 valence electrons. The molecule has 0 aliphatic rings. The SMILES string of the molecule is CCc1cc(-c2ccc(OC)c(C)c2)c(N)s1. The van der Waals surface area contributed by atoms with Crippen LogP contribution in [0.3, 0.4) is 0 Å². The van der Waals surface area contributed by atoms with Crippen molar-refractivity contribution in [1.82, 2.24) is 0 Å². The summed E-state index contributed by atoms with van der Waals surface area (Å²) in [4.78, 5) is 1.32. The number of thiophene rings is 1. The van der Waals surface area contributed by atoms with Crippen molar-refractivity contribution in [1.29, 1.82) is 0 Å². The van der Waals surface area contributed by atoms with E-state index in [-0.39, 0.29) is 0 Å². The predicted octanol–water partition coefficient (Wildman–Crippen LogP) is 3.88. The standard InChI is InChI=1S/C14H17NOS/c1-4-11-8-12(14(15)17-11)10-5-6-13(16-3)9(2)7-10/h5-8H,4,15H2,1-3H3. The van der Waals surface area contributed by atoms with E-state index in [1.165, 1.54) is 4.88 Å². The number of methoxy groups -OCH3 is 1. The number of nitrogen functional groups attached to an aromatic ring is 1. The van der Waals surface area contributed by atoms with Gasteiger partial charge in [0.25, 0.3) is 0 Å². The molecule has 2 N–H and O–H groups in total. The molecule has 2 nitrogen and oxygen atoms in total. The number of nitrogens with two attached hydrogens (primary N) is 1. The lowest BCUT2D eigenvalue weighted by Crippen LogP contribution is -1.88. The van der Waals surface area contributed by atoms with Crippen LogP contribution in [-0.4, -0.2) is 7.11 Å². The second kappa shape index (κ2) is 4.80. The van der Waals surface area contributed by atoms with Gasteiger partial charge in [-0.15, -0.1) is 11.3 Å². The highest BCUT2D eigenvalue weighted by Crippen LogP contribution is 2.35. The summed E-state index contributed by atoms with van der Waals surface area (Å²) in [6.07, 6.45) is 1.03. The van der Waals surface area contributed by atoms with Crippen molar-refractivity contribution >= 4 is 16.3 Å². The Labute approximate surface area is 106 Å². The van der Waals surface area contributed by atoms with Crippen molar-refractivity contribution in [2.24, 2.45) is 0 Å². The minimum atomic E-state index is 0.895. The fourth-order valence-electron chi connectivity index (χ4n) is 1.90. The fourth-order valence-corrected chi connectivity index (χ4v) is 2.79. The molecule has 0 unspecified atom stereocenters. The maximum Gasteiger partial charge on any atom is 0.121 e. The van der Waals surface area contributed by atoms with Gasteiger partial charge in [-0.2, -0.15) is 0 Å². The van der Waals surface area contributed by atoms with Crippen molar-refractivity contribution in [3.8, 4) is 16.9 Å². The number of hydrogen-bond acceptors (Lipinski definition) is 3. The first-order chi connectivity index (χ1) is 8.15. The van der Waals surface area contributed by atoms with Crippen molar-refractivity contribution in [3.05, 3.63) is 34.7 Å². The van der Waals surface area contributed by atoms with Gasteiger partial charge in [-0.3, -0.25) is 0 Å². The summed E-state index contributed by atoms with van der Waals surface area (Å²) in [5, 5.41) is 0.895. The molecule has 2 aromatic rings. The predicted molar refractivity (Wildman–Crippen MR) is 74.8 cm³/mol. The molecule has 3 heteroatoms. The van der Waals surface area contributed by atoms with Crippen molar-refractivity contribution in [2.45, 2.75) is 20.3 Å². The Morgan fingerprint density at radius 3 is 2.59 bits per heavy atom. The van der Waals surface area contributed by atoms with Gasteiger partial charge in [-0.1, -0.05) is 13.0 Å². The third kappa shape index (κ3) is 2.29. The molecular weight excluding hydrogens is 230 g/mol. The van der Waals surface area contributed by atoms with Gasteiger partial charge in [0.1, 0.15) is 5.75 Å². The van der Waals surface area contributed by atoms with E-state index in [0.717, 1.165) is 33.9 Å². The first-order valence-corrected chi connectivity index (χ1v) is 6.50. The molecule has 0 bridgehead atoms. The summed E-state index contributed by atoms with van der Waals surface area (Å²) in [7, 11) is 1.69. The number of hydrogen-bond donors (Lipinski definition) is 1. The Kier molecular flexibility index (Phi) is 3.38. The molecule has 0 radical (unpaired) electrons. The zero-order chi connectivity index (χ0) is 12.4. The van der Waals surface area contributed by atoms with Gasteiger partial charge in [0.2, 0.25) is 0 Å². The highest BCUT2D eigenvalue weighted by molar-refractivity contribution is 7.16. The van der Waals surface area contributed by atoms with E-state index in [0.29, 0.717) is 0 Å². The molecule has 17 heavy (non-hydrogen) atoms. The van der Waals surface area contributed by atoms with Gasteiger partial charge in [0.15, 0.2) is 0 Å². The van der Waals surface area contributed by atoms with E-state index in [1.54, 1.807) is 18.4 Å². The minimum absolute atomic E-state index is 0.895. The molecule has 0 aliphatic heterocycles. The Hall–Kier alpha value is -1.48. The van der Waals surface area contributed by atoms with E-state index in [4.69, 9.17) is 10.5 Å². The first-order valence-electron chi connectivity index (χ1n) is 5.69. The summed E-state index contributed by atoms with van der Waals surface area (Å²) in [5.74, 6) is 0.915. The average Bonchev–Trinajstić information content (AvgIpc) is 2.70. The molecule has 0 saturated carbocycles. The van der Waals surface area contributed by atoms with Crippen LogP contribution in [0.15, 0.2) is 24.3 Å². The smallest absolute Gasteiger partial charge is 0.121 e. The van der Waals surface area contributed by atoms with Crippen LogP contribution < -0.4 is 10.5 Å². The van der Waals surface area contributed by atoms with Crippen LogP contribution in [0.2, 0.25) is 0 Å². The zero-order valence-corrected chi connectivity index (χ0v) is 11.2. The van der Waals surface area contributed by atoms with Gasteiger partial charge < -0.3 is 10.5 Å². The van der Waals surface area contributed by atoms with Crippen LogP contribution >= 0.6 is 11.3 Å². The topological polar surface area (TPSA) is 35.2 Å². The van der Waals surface area contributed by atoms with Gasteiger partial charge >= 0.3 is 0 Å². The Morgan fingerprint density at radius 2 is 2.06 bits per heavy atom. The van der Waals surface area contributed by atoms with E-state index in [1.807, 2.05) is 13.0 Å². The van der Waals surface area contributed by atoms with Gasteiger partial charge in [0, 0.05) is 10.4 Å². The third-order valence-electron chi connectivity index (χ3n) is 2.87. The summed E-state index contributed by atoms with van der Waals surface area (Å²) < 4.78 is 5.26. The van der Waals surface area contributed by atoms with Crippen molar-refractivity contribution in [2.75, 3.05) is 12.8 Å². The quantitative estimate of drug-likeness (QED) is 0.893. The normalized spacial score (nSPS) is 10.5. The molecular formula is C14H17NOS. The fraction of sp³-hybridized carbons (Fsp3) is 0.286. The highest BCUT2D eigenvalue weighted by Gasteiger charge is 2.09. The lowest BCUT2D eigenvalue weighted by molar-refractivity contribution is 0.412. The number of anilines is 1. The van der Waals surface area contributed by atoms with E-state index >= 15 is 0 Å². The molecule has 0 fully saturated rings. The molecule has 2 rings (SSSR count). The van der Waals surface area contributed by atoms with Gasteiger partial charge in [-0.25, -0.2) is 0 Å². The molecule has 1 aromatic carbocycles. The lowest BCUT2D eigenvalue weighted by atomic mass is 10.0. The van der Waals surface area contributed by atoms with Crippen LogP contribution in [0.5, 0.6) is 5.75 Å².